The van der Waals surface area contributed by atoms with E-state index in [1.54, 1.807) is 0 Å². The van der Waals surface area contributed by atoms with Gasteiger partial charge in [0.25, 0.3) is 5.91 Å². The van der Waals surface area contributed by atoms with Crippen LogP contribution in [0.1, 0.15) is 36.0 Å². The molecule has 31 heavy (non-hydrogen) atoms. The number of nitrogens with zero attached hydrogens (tertiary/aromatic N) is 4. The molecule has 0 spiro atoms. The molecule has 2 aromatic heterocycles. The molecule has 2 N–H and O–H groups in total. The van der Waals surface area contributed by atoms with Crippen LogP contribution >= 0.6 is 11.3 Å². The molecule has 1 fully saturated rings. The lowest BCUT2D eigenvalue weighted by molar-refractivity contribution is -0.380. The first kappa shape index (κ1) is 21.0. The van der Waals surface area contributed by atoms with Gasteiger partial charge in [-0.15, -0.1) is 0 Å². The molecule has 1 aliphatic carbocycles. The van der Waals surface area contributed by atoms with Gasteiger partial charge >= 0.3 is 5.00 Å². The van der Waals surface area contributed by atoms with Crippen LogP contribution in [0.25, 0.3) is 10.9 Å². The van der Waals surface area contributed by atoms with Gasteiger partial charge < -0.3 is 15.5 Å². The Balaban J connectivity index is 1.36. The third-order valence-electron chi connectivity index (χ3n) is 5.43. The molecule has 0 aliphatic heterocycles. The molecule has 1 saturated carbocycles. The van der Waals surface area contributed by atoms with Crippen molar-refractivity contribution in [1.82, 2.24) is 15.3 Å². The minimum absolute atomic E-state index is 0.0227. The van der Waals surface area contributed by atoms with Crippen LogP contribution in [0.3, 0.4) is 0 Å². The van der Waals surface area contributed by atoms with Gasteiger partial charge in [0.15, 0.2) is 0 Å². The summed E-state index contributed by atoms with van der Waals surface area (Å²) < 4.78 is 0. The van der Waals surface area contributed by atoms with E-state index in [9.17, 15) is 14.9 Å². The maximum absolute atomic E-state index is 12.4. The van der Waals surface area contributed by atoms with Crippen molar-refractivity contribution >= 4 is 44.9 Å². The van der Waals surface area contributed by atoms with E-state index in [2.05, 4.69) is 15.6 Å². The quantitative estimate of drug-likeness (QED) is 0.442. The topological polar surface area (TPSA) is 113 Å². The highest BCUT2D eigenvalue weighted by molar-refractivity contribution is 7.13. The van der Waals surface area contributed by atoms with E-state index < -0.39 is 4.92 Å². The molecule has 1 amide bonds. The summed E-state index contributed by atoms with van der Waals surface area (Å²) in [7, 11) is 3.93. The van der Waals surface area contributed by atoms with E-state index in [0.29, 0.717) is 11.5 Å². The highest BCUT2D eigenvalue weighted by Gasteiger charge is 2.25. The van der Waals surface area contributed by atoms with Crippen LogP contribution < -0.4 is 15.5 Å². The van der Waals surface area contributed by atoms with Crippen molar-refractivity contribution in [3.05, 3.63) is 51.4 Å². The summed E-state index contributed by atoms with van der Waals surface area (Å²) >= 11 is 0.966. The fourth-order valence-electron chi connectivity index (χ4n) is 3.84. The fourth-order valence-corrected chi connectivity index (χ4v) is 4.54. The lowest BCUT2D eigenvalue weighted by atomic mass is 9.91. The van der Waals surface area contributed by atoms with Gasteiger partial charge in [-0.2, -0.15) is 4.98 Å². The zero-order valence-corrected chi connectivity index (χ0v) is 18.2. The average molecular weight is 441 g/mol. The Morgan fingerprint density at radius 3 is 2.55 bits per heavy atom. The number of benzene rings is 1. The van der Waals surface area contributed by atoms with Crippen LogP contribution in [0, 0.1) is 10.1 Å². The predicted molar refractivity (Wildman–Crippen MR) is 122 cm³/mol. The Bertz CT molecular complexity index is 1110. The van der Waals surface area contributed by atoms with E-state index in [1.807, 2.05) is 43.3 Å². The van der Waals surface area contributed by atoms with E-state index in [-0.39, 0.29) is 23.0 Å². The summed E-state index contributed by atoms with van der Waals surface area (Å²) in [5.74, 6) is 1.23. The molecule has 162 valence electrons. The van der Waals surface area contributed by atoms with E-state index in [4.69, 9.17) is 4.98 Å². The molecule has 0 saturated heterocycles. The van der Waals surface area contributed by atoms with E-state index in [1.165, 1.54) is 11.4 Å². The molecule has 10 heteroatoms. The Morgan fingerprint density at radius 1 is 1.16 bits per heavy atom. The van der Waals surface area contributed by atoms with Gasteiger partial charge in [0, 0.05) is 43.0 Å². The van der Waals surface area contributed by atoms with Crippen molar-refractivity contribution in [3.8, 4) is 0 Å². The molecule has 0 atom stereocenters. The summed E-state index contributed by atoms with van der Waals surface area (Å²) in [6.07, 6.45) is 3.40. The van der Waals surface area contributed by atoms with Gasteiger partial charge in [0.1, 0.15) is 5.82 Å². The number of hydrogen-bond acceptors (Lipinski definition) is 8. The van der Waals surface area contributed by atoms with Crippen LogP contribution in [0.2, 0.25) is 0 Å². The number of nitrogens with one attached hydrogen (secondary N) is 2. The highest BCUT2D eigenvalue weighted by atomic mass is 32.1. The monoisotopic (exact) mass is 440 g/mol. The summed E-state index contributed by atoms with van der Waals surface area (Å²) in [4.78, 5) is 34.1. The average Bonchev–Trinajstić information content (AvgIpc) is 3.25. The van der Waals surface area contributed by atoms with E-state index in [0.717, 1.165) is 53.7 Å². The smallest absolute Gasteiger partial charge is 0.324 e. The molecule has 4 rings (SSSR count). The SMILES string of the molecule is CN(C)c1nc(NC2CCC(NC(=O)c3csc([N+](=O)[O-])c3)CC2)nc2ccccc12. The molecule has 9 nitrogen and oxygen atoms in total. The number of aromatic nitrogens is 2. The molecule has 3 aromatic rings. The maximum atomic E-state index is 12.4. The number of carbonyl (C=O) groups excluding carboxylic acids is 1. The number of hydrogen-bond donors (Lipinski definition) is 2. The van der Waals surface area contributed by atoms with Crippen LogP contribution in [0.4, 0.5) is 16.8 Å². The lowest BCUT2D eigenvalue weighted by Crippen LogP contribution is -2.40. The second-order valence-corrected chi connectivity index (χ2v) is 8.77. The van der Waals surface area contributed by atoms with Gasteiger partial charge in [0.2, 0.25) is 5.95 Å². The first-order valence-electron chi connectivity index (χ1n) is 10.1. The second-order valence-electron chi connectivity index (χ2n) is 7.88. The standard InChI is InChI=1S/C21H24N6O3S/c1-26(2)19-16-5-3-4-6-17(16)24-21(25-19)23-15-9-7-14(8-10-15)22-20(28)13-11-18(27(29)30)31-12-13/h3-6,11-12,14-15H,7-10H2,1-2H3,(H,22,28)(H,23,24,25). The number of amides is 1. The van der Waals surface area contributed by atoms with Gasteiger partial charge in [-0.25, -0.2) is 4.98 Å². The zero-order chi connectivity index (χ0) is 22.0. The molecule has 1 aromatic carbocycles. The second kappa shape index (κ2) is 8.84. The largest absolute Gasteiger partial charge is 0.362 e. The molecular weight excluding hydrogens is 416 g/mol. The van der Waals surface area contributed by atoms with Gasteiger partial charge in [-0.3, -0.25) is 14.9 Å². The number of fused-ring (bicyclic) bond motifs is 1. The van der Waals surface area contributed by atoms with Crippen molar-refractivity contribution in [2.24, 2.45) is 0 Å². The Morgan fingerprint density at radius 2 is 1.87 bits per heavy atom. The third-order valence-corrected chi connectivity index (χ3v) is 6.31. The van der Waals surface area contributed by atoms with Crippen molar-refractivity contribution in [3.63, 3.8) is 0 Å². The van der Waals surface area contributed by atoms with Crippen LogP contribution in [0.5, 0.6) is 0 Å². The summed E-state index contributed by atoms with van der Waals surface area (Å²) in [6, 6.07) is 9.56. The van der Waals surface area contributed by atoms with Gasteiger partial charge in [-0.05, 0) is 37.8 Å². The van der Waals surface area contributed by atoms with Crippen molar-refractivity contribution < 1.29 is 9.72 Å². The van der Waals surface area contributed by atoms with E-state index >= 15 is 0 Å². The van der Waals surface area contributed by atoms with Crippen LogP contribution in [0.15, 0.2) is 35.7 Å². The van der Waals surface area contributed by atoms with Crippen LogP contribution in [-0.2, 0) is 0 Å². The minimum atomic E-state index is -0.477. The molecule has 1 aliphatic rings. The fraction of sp³-hybridized carbons (Fsp3) is 0.381. The number of carbonyl (C=O) groups is 1. The number of thiophene rings is 1. The minimum Gasteiger partial charge on any atom is -0.362 e. The number of para-hydroxylation sites is 1. The predicted octanol–water partition coefficient (Wildman–Crippen LogP) is 3.82. The molecule has 2 heterocycles. The molecular formula is C21H24N6O3S. The van der Waals surface area contributed by atoms with Gasteiger partial charge in [-0.1, -0.05) is 23.5 Å². The number of rotatable bonds is 6. The third kappa shape index (κ3) is 4.74. The van der Waals surface area contributed by atoms with Gasteiger partial charge in [0.05, 0.1) is 16.0 Å². The number of nitro groups is 1. The molecule has 0 radical (unpaired) electrons. The number of anilines is 2. The Labute approximate surface area is 183 Å². The zero-order valence-electron chi connectivity index (χ0n) is 17.4. The van der Waals surface area contributed by atoms with Crippen molar-refractivity contribution in [1.29, 1.82) is 0 Å². The Kier molecular flexibility index (Phi) is 5.99. The van der Waals surface area contributed by atoms with Crippen molar-refractivity contribution in [2.75, 3.05) is 24.3 Å². The molecule has 0 bridgehead atoms. The van der Waals surface area contributed by atoms with Crippen molar-refractivity contribution in [2.45, 2.75) is 37.8 Å². The highest BCUT2D eigenvalue weighted by Crippen LogP contribution is 2.27. The lowest BCUT2D eigenvalue weighted by Gasteiger charge is -2.30. The first-order valence-corrected chi connectivity index (χ1v) is 11.0. The first-order chi connectivity index (χ1) is 14.9. The summed E-state index contributed by atoms with van der Waals surface area (Å²) in [6.45, 7) is 0. The maximum Gasteiger partial charge on any atom is 0.324 e. The summed E-state index contributed by atoms with van der Waals surface area (Å²) in [5.41, 5.74) is 1.24. The van der Waals surface area contributed by atoms with Crippen LogP contribution in [-0.4, -0.2) is 47.0 Å². The normalized spacial score (nSPS) is 18.5. The Hall–Kier alpha value is -3.27. The molecule has 0 unspecified atom stereocenters. The summed E-state index contributed by atoms with van der Waals surface area (Å²) in [5, 5.41) is 19.8.